The summed E-state index contributed by atoms with van der Waals surface area (Å²) >= 11 is 0. The zero-order chi connectivity index (χ0) is 30.8. The van der Waals surface area contributed by atoms with Crippen molar-refractivity contribution in [2.45, 2.75) is 63.8 Å². The number of aromatic nitrogens is 4. The van der Waals surface area contributed by atoms with E-state index in [1.54, 1.807) is 17.3 Å². The molecule has 0 fully saturated rings. The molecule has 0 radical (unpaired) electrons. The Hall–Kier alpha value is -3.84. The Labute approximate surface area is 250 Å². The van der Waals surface area contributed by atoms with Crippen molar-refractivity contribution in [3.63, 3.8) is 0 Å². The Kier molecular flexibility index (Phi) is 9.11. The lowest BCUT2D eigenvalue weighted by molar-refractivity contribution is -0.137. The van der Waals surface area contributed by atoms with E-state index in [9.17, 15) is 27.3 Å². The number of pyridine rings is 2. The Balaban J connectivity index is 1.50. The molecule has 43 heavy (non-hydrogen) atoms. The van der Waals surface area contributed by atoms with Crippen LogP contribution in [0.2, 0.25) is 0 Å². The maximum atomic E-state index is 14.2. The van der Waals surface area contributed by atoms with E-state index in [0.717, 1.165) is 30.2 Å². The van der Waals surface area contributed by atoms with Crippen molar-refractivity contribution >= 4 is 28.4 Å². The highest BCUT2D eigenvalue weighted by Crippen LogP contribution is 2.35. The second-order valence-electron chi connectivity index (χ2n) is 10.7. The van der Waals surface area contributed by atoms with E-state index in [1.165, 1.54) is 16.7 Å². The fourth-order valence-corrected chi connectivity index (χ4v) is 6.87. The number of carboxylic acid groups (broad SMARTS) is 1. The Morgan fingerprint density at radius 3 is 2.65 bits per heavy atom. The molecular formula is C30H33F3N6O3S. The van der Waals surface area contributed by atoms with Crippen LogP contribution in [0.4, 0.5) is 19.0 Å². The molecule has 0 aliphatic carbocycles. The number of anilines is 1. The summed E-state index contributed by atoms with van der Waals surface area (Å²) in [5.41, 5.74) is 3.91. The normalized spacial score (nSPS) is 16.4. The average Bonchev–Trinajstić information content (AvgIpc) is 3.37. The molecule has 4 heterocycles. The lowest BCUT2D eigenvalue weighted by atomic mass is 9.85. The minimum absolute atomic E-state index is 0.239. The summed E-state index contributed by atoms with van der Waals surface area (Å²) < 4.78 is 57.9. The molecule has 2 atom stereocenters. The van der Waals surface area contributed by atoms with E-state index in [0.29, 0.717) is 47.0 Å². The molecule has 2 unspecified atom stereocenters. The summed E-state index contributed by atoms with van der Waals surface area (Å²) in [6.07, 6.45) is 1.43. The van der Waals surface area contributed by atoms with Gasteiger partial charge in [-0.1, -0.05) is 31.5 Å². The number of carbonyl (C=O) groups is 1. The summed E-state index contributed by atoms with van der Waals surface area (Å²) in [6, 6.07) is 8.57. The Morgan fingerprint density at radius 2 is 1.93 bits per heavy atom. The first kappa shape index (κ1) is 30.6. The highest BCUT2D eigenvalue weighted by Gasteiger charge is 2.29. The maximum absolute atomic E-state index is 14.2. The van der Waals surface area contributed by atoms with Gasteiger partial charge in [-0.3, -0.25) is 9.20 Å². The lowest BCUT2D eigenvalue weighted by Crippen LogP contribution is -2.33. The number of nitrogens with zero attached hydrogens (tertiary/aromatic N) is 6. The van der Waals surface area contributed by atoms with Gasteiger partial charge in [-0.2, -0.15) is 0 Å². The molecule has 1 aromatic carbocycles. The number of aliphatic carboxylic acids is 1. The zero-order valence-corrected chi connectivity index (χ0v) is 25.0. The summed E-state index contributed by atoms with van der Waals surface area (Å²) in [6.45, 7) is 7.74. The van der Waals surface area contributed by atoms with E-state index < -0.39 is 40.9 Å². The Morgan fingerprint density at radius 1 is 1.14 bits per heavy atom. The van der Waals surface area contributed by atoms with Crippen LogP contribution < -0.4 is 4.90 Å². The van der Waals surface area contributed by atoms with Gasteiger partial charge in [-0.05, 0) is 60.2 Å². The summed E-state index contributed by atoms with van der Waals surface area (Å²) in [7, 11) is -1.68. The van der Waals surface area contributed by atoms with Crippen molar-refractivity contribution in [3.8, 4) is 0 Å². The van der Waals surface area contributed by atoms with Gasteiger partial charge in [0.05, 0.1) is 17.5 Å². The molecule has 13 heteroatoms. The molecule has 0 spiro atoms. The largest absolute Gasteiger partial charge is 0.481 e. The SMILES string of the molecule is CCCCN1CCN(Cc2cc(C(CC(=O)O)c3ccn4c(C(F)F)nnc4c3C)ccc2C)S(=O)c2cc(F)cnc21. The topological polar surface area (TPSA) is 104 Å². The predicted molar refractivity (Wildman–Crippen MR) is 156 cm³/mol. The van der Waals surface area contributed by atoms with Gasteiger partial charge in [0.15, 0.2) is 5.65 Å². The van der Waals surface area contributed by atoms with Crippen molar-refractivity contribution in [2.75, 3.05) is 24.5 Å². The first-order chi connectivity index (χ1) is 20.6. The second kappa shape index (κ2) is 12.8. The van der Waals surface area contributed by atoms with Crippen LogP contribution in [0.1, 0.15) is 72.2 Å². The molecule has 3 aromatic heterocycles. The van der Waals surface area contributed by atoms with Crippen LogP contribution in [0.25, 0.3) is 5.65 Å². The number of unbranched alkanes of at least 4 members (excludes halogenated alkanes) is 1. The highest BCUT2D eigenvalue weighted by atomic mass is 32.2. The van der Waals surface area contributed by atoms with Gasteiger partial charge in [0.2, 0.25) is 5.82 Å². The zero-order valence-electron chi connectivity index (χ0n) is 24.1. The number of hydrogen-bond acceptors (Lipinski definition) is 6. The molecule has 0 saturated heterocycles. The average molecular weight is 615 g/mol. The first-order valence-corrected chi connectivity index (χ1v) is 15.2. The van der Waals surface area contributed by atoms with Gasteiger partial charge in [0.25, 0.3) is 6.43 Å². The van der Waals surface area contributed by atoms with Gasteiger partial charge in [0.1, 0.15) is 22.6 Å². The van der Waals surface area contributed by atoms with Gasteiger partial charge >= 0.3 is 5.97 Å². The number of benzene rings is 1. The van der Waals surface area contributed by atoms with Crippen LogP contribution >= 0.6 is 0 Å². The number of carboxylic acids is 1. The minimum Gasteiger partial charge on any atom is -0.481 e. The maximum Gasteiger partial charge on any atom is 0.304 e. The van der Waals surface area contributed by atoms with E-state index in [-0.39, 0.29) is 18.6 Å². The third-order valence-corrected chi connectivity index (χ3v) is 9.35. The van der Waals surface area contributed by atoms with Crippen molar-refractivity contribution in [3.05, 3.63) is 82.2 Å². The van der Waals surface area contributed by atoms with Crippen LogP contribution in [0, 0.1) is 19.7 Å². The number of halogens is 3. The fraction of sp³-hybridized carbons (Fsp3) is 0.400. The molecule has 0 saturated carbocycles. The van der Waals surface area contributed by atoms with Crippen molar-refractivity contribution < 1.29 is 27.3 Å². The van der Waals surface area contributed by atoms with E-state index in [4.69, 9.17) is 0 Å². The van der Waals surface area contributed by atoms with Gasteiger partial charge in [-0.25, -0.2) is 26.7 Å². The first-order valence-electron chi connectivity index (χ1n) is 14.1. The Bertz CT molecular complexity index is 1680. The third kappa shape index (κ3) is 6.28. The van der Waals surface area contributed by atoms with E-state index in [1.807, 2.05) is 30.0 Å². The molecule has 4 aromatic rings. The molecular weight excluding hydrogens is 581 g/mol. The highest BCUT2D eigenvalue weighted by molar-refractivity contribution is 7.82. The molecule has 5 rings (SSSR count). The van der Waals surface area contributed by atoms with Gasteiger partial charge in [0, 0.05) is 38.3 Å². The molecule has 0 amide bonds. The van der Waals surface area contributed by atoms with E-state index in [2.05, 4.69) is 22.1 Å². The lowest BCUT2D eigenvalue weighted by Gasteiger charge is -2.24. The van der Waals surface area contributed by atoms with Crippen LogP contribution in [0.3, 0.4) is 0 Å². The second-order valence-corrected chi connectivity index (χ2v) is 12.2. The molecule has 1 aliphatic rings. The monoisotopic (exact) mass is 614 g/mol. The summed E-state index contributed by atoms with van der Waals surface area (Å²) in [5.74, 6) is -2.14. The van der Waals surface area contributed by atoms with Crippen LogP contribution in [-0.4, -0.2) is 58.8 Å². The predicted octanol–water partition coefficient (Wildman–Crippen LogP) is 5.57. The van der Waals surface area contributed by atoms with Crippen LogP contribution in [-0.2, 0) is 22.3 Å². The number of hydrogen-bond donors (Lipinski definition) is 1. The van der Waals surface area contributed by atoms with Gasteiger partial charge in [-0.15, -0.1) is 10.2 Å². The van der Waals surface area contributed by atoms with E-state index >= 15 is 0 Å². The number of fused-ring (bicyclic) bond motifs is 2. The number of alkyl halides is 2. The van der Waals surface area contributed by atoms with Crippen molar-refractivity contribution in [2.24, 2.45) is 0 Å². The molecule has 1 aliphatic heterocycles. The molecule has 1 N–H and O–H groups in total. The molecule has 228 valence electrons. The smallest absolute Gasteiger partial charge is 0.304 e. The number of aryl methyl sites for hydroxylation is 2. The fourth-order valence-electron chi connectivity index (χ4n) is 5.54. The summed E-state index contributed by atoms with van der Waals surface area (Å²) in [5, 5.41) is 17.4. The molecule has 0 bridgehead atoms. The van der Waals surface area contributed by atoms with Crippen molar-refractivity contribution in [1.29, 1.82) is 0 Å². The third-order valence-electron chi connectivity index (χ3n) is 7.89. The number of rotatable bonds is 10. The summed E-state index contributed by atoms with van der Waals surface area (Å²) in [4.78, 5) is 18.7. The van der Waals surface area contributed by atoms with Crippen LogP contribution in [0.5, 0.6) is 0 Å². The quantitative estimate of drug-likeness (QED) is 0.249. The standard InChI is InChI=1S/C30H33F3N6O3S/c1-4-5-9-37-11-12-38(43(42)25-14-22(31)16-34-29(25)37)17-21-13-20(7-6-18(21)2)24(15-26(40)41)23-8-10-39-28(19(23)3)35-36-30(39)27(32)33/h6-8,10,13-14,16,24,27H,4-5,9,11-12,15,17H2,1-3H3,(H,40,41). The minimum atomic E-state index is -2.81. The van der Waals surface area contributed by atoms with Crippen molar-refractivity contribution in [1.82, 2.24) is 23.9 Å². The van der Waals surface area contributed by atoms with Gasteiger partial charge < -0.3 is 10.0 Å². The molecule has 9 nitrogen and oxygen atoms in total. The van der Waals surface area contributed by atoms with Crippen LogP contribution in [0.15, 0.2) is 47.6 Å².